The fourth-order valence-electron chi connectivity index (χ4n) is 5.19. The van der Waals surface area contributed by atoms with Crippen LogP contribution in [-0.2, 0) is 21.9 Å². The highest BCUT2D eigenvalue weighted by molar-refractivity contribution is 7.99. The molecule has 0 unspecified atom stereocenters. The zero-order valence-electron chi connectivity index (χ0n) is 24.0. The molecule has 6 nitrogen and oxygen atoms in total. The fraction of sp³-hybridized carbons (Fsp3) is 0.387. The Labute approximate surface area is 265 Å². The molecule has 2 aliphatic heterocycles. The van der Waals surface area contributed by atoms with Gasteiger partial charge in [-0.3, -0.25) is 4.90 Å². The van der Waals surface area contributed by atoms with Crippen molar-refractivity contribution in [1.82, 2.24) is 9.80 Å². The number of rotatable bonds is 10. The number of carbonyl (C=O) groups excluding carboxylic acids is 1. The number of piperazine rings is 1. The molecule has 45 heavy (non-hydrogen) atoms. The largest absolute Gasteiger partial charge is 0.480 e. The van der Waals surface area contributed by atoms with Crippen LogP contribution in [0.15, 0.2) is 70.5 Å². The number of esters is 1. The number of benzene rings is 3. The first-order valence-electron chi connectivity index (χ1n) is 14.2. The molecular weight excluding hydrogens is 644 g/mol. The van der Waals surface area contributed by atoms with Crippen LogP contribution in [0.2, 0.25) is 5.02 Å². The maximum atomic E-state index is 13.5. The number of nitrogens with zero attached hydrogens (tertiary/aromatic N) is 3. The summed E-state index contributed by atoms with van der Waals surface area (Å²) in [5.74, 6) is -0.970. The van der Waals surface area contributed by atoms with Gasteiger partial charge in [0.15, 0.2) is 6.61 Å². The first-order valence-corrected chi connectivity index (χ1v) is 15.4. The van der Waals surface area contributed by atoms with Gasteiger partial charge in [0.2, 0.25) is 0 Å². The number of hydrogen-bond acceptors (Lipinski definition) is 7. The summed E-state index contributed by atoms with van der Waals surface area (Å²) in [7, 11) is 0. The molecule has 1 saturated heterocycles. The normalized spacial score (nSPS) is 15.8. The molecule has 3 aromatic rings. The van der Waals surface area contributed by atoms with Crippen molar-refractivity contribution in [3.05, 3.63) is 76.8 Å². The maximum Gasteiger partial charge on any atom is 0.416 e. The van der Waals surface area contributed by atoms with Gasteiger partial charge in [-0.15, -0.1) is 0 Å². The van der Waals surface area contributed by atoms with Crippen LogP contribution in [-0.4, -0.2) is 74.8 Å². The van der Waals surface area contributed by atoms with Crippen molar-refractivity contribution >= 4 is 40.7 Å². The van der Waals surface area contributed by atoms with E-state index in [4.69, 9.17) is 21.1 Å². The smallest absolute Gasteiger partial charge is 0.416 e. The number of halogens is 7. The van der Waals surface area contributed by atoms with E-state index < -0.39 is 36.1 Å². The van der Waals surface area contributed by atoms with Crippen molar-refractivity contribution in [2.75, 3.05) is 63.9 Å². The molecule has 0 N–H and O–H groups in total. The molecule has 0 saturated carbocycles. The first kappa shape index (κ1) is 33.2. The number of anilines is 2. The van der Waals surface area contributed by atoms with Crippen LogP contribution in [0.25, 0.3) is 0 Å². The van der Waals surface area contributed by atoms with Crippen LogP contribution in [0.1, 0.15) is 17.5 Å². The van der Waals surface area contributed by atoms with Gasteiger partial charge >= 0.3 is 18.3 Å². The van der Waals surface area contributed by atoms with Crippen molar-refractivity contribution in [3.63, 3.8) is 0 Å². The predicted octanol–water partition coefficient (Wildman–Crippen LogP) is 7.61. The summed E-state index contributed by atoms with van der Waals surface area (Å²) in [6.45, 7) is 4.42. The molecule has 2 aliphatic rings. The summed E-state index contributed by atoms with van der Waals surface area (Å²) < 4.78 is 89.5. The Hall–Kier alpha value is -3.13. The molecule has 1 fully saturated rings. The Morgan fingerprint density at radius 1 is 0.778 bits per heavy atom. The summed E-state index contributed by atoms with van der Waals surface area (Å²) in [6, 6.07) is 14.2. The van der Waals surface area contributed by atoms with Gasteiger partial charge in [-0.05, 0) is 61.5 Å². The molecule has 2 heterocycles. The molecule has 0 radical (unpaired) electrons. The zero-order chi connectivity index (χ0) is 32.2. The summed E-state index contributed by atoms with van der Waals surface area (Å²) in [4.78, 5) is 20.3. The van der Waals surface area contributed by atoms with Crippen LogP contribution < -0.4 is 9.64 Å². The van der Waals surface area contributed by atoms with Crippen molar-refractivity contribution in [2.24, 2.45) is 0 Å². The molecule has 0 atom stereocenters. The SMILES string of the molecule is O=C(COc1cc(C(F)(F)F)ccc1Cl)OCCN1CCN(CCCN2c3ccccc3Sc3ccc(C(F)(F)F)cc32)CC1. The van der Waals surface area contributed by atoms with E-state index in [1.165, 1.54) is 17.8 Å². The maximum absolute atomic E-state index is 13.5. The summed E-state index contributed by atoms with van der Waals surface area (Å²) in [5.41, 5.74) is -0.135. The number of para-hydroxylation sites is 1. The lowest BCUT2D eigenvalue weighted by molar-refractivity contribution is -0.146. The van der Waals surface area contributed by atoms with E-state index in [0.29, 0.717) is 18.8 Å². The first-order chi connectivity index (χ1) is 21.4. The predicted molar refractivity (Wildman–Crippen MR) is 159 cm³/mol. The number of fused-ring (bicyclic) bond motifs is 2. The van der Waals surface area contributed by atoms with Crippen LogP contribution in [0.4, 0.5) is 37.7 Å². The quantitative estimate of drug-likeness (QED) is 0.162. The molecule has 0 bridgehead atoms. The third kappa shape index (κ3) is 8.57. The Morgan fingerprint density at radius 3 is 2.11 bits per heavy atom. The highest BCUT2D eigenvalue weighted by Crippen LogP contribution is 2.49. The standard InChI is InChI=1S/C31H30ClF6N3O3S/c32-23-8-6-22(31(36,37)38)19-26(23)44-20-29(42)43-17-16-40-14-12-39(13-15-40)10-3-11-41-24-4-1-2-5-27(24)45-28-9-7-21(18-25(28)41)30(33,34)35/h1-2,4-9,18-19H,3,10-17,20H2. The number of alkyl halides is 6. The van der Waals surface area contributed by atoms with E-state index in [1.54, 1.807) is 6.07 Å². The van der Waals surface area contributed by atoms with Gasteiger partial charge in [-0.2, -0.15) is 26.3 Å². The Morgan fingerprint density at radius 2 is 1.40 bits per heavy atom. The van der Waals surface area contributed by atoms with Crippen LogP contribution in [0.3, 0.4) is 0 Å². The van der Waals surface area contributed by atoms with E-state index in [9.17, 15) is 31.1 Å². The second kappa shape index (κ2) is 14.1. The van der Waals surface area contributed by atoms with Crippen molar-refractivity contribution in [3.8, 4) is 5.75 Å². The van der Waals surface area contributed by atoms with E-state index in [0.717, 1.165) is 78.9 Å². The number of hydrogen-bond donors (Lipinski definition) is 0. The molecule has 242 valence electrons. The topological polar surface area (TPSA) is 45.3 Å². The summed E-state index contributed by atoms with van der Waals surface area (Å²) in [6.07, 6.45) is -8.24. The number of ether oxygens (including phenoxy) is 2. The fourth-order valence-corrected chi connectivity index (χ4v) is 6.44. The average molecular weight is 674 g/mol. The highest BCUT2D eigenvalue weighted by Gasteiger charge is 2.34. The second-order valence-electron chi connectivity index (χ2n) is 10.6. The van der Waals surface area contributed by atoms with Crippen molar-refractivity contribution < 1.29 is 40.6 Å². The van der Waals surface area contributed by atoms with E-state index in [-0.39, 0.29) is 17.4 Å². The average Bonchev–Trinajstić information content (AvgIpc) is 2.99. The van der Waals surface area contributed by atoms with Crippen LogP contribution in [0.5, 0.6) is 5.75 Å². The van der Waals surface area contributed by atoms with Crippen molar-refractivity contribution in [2.45, 2.75) is 28.6 Å². The minimum Gasteiger partial charge on any atom is -0.480 e. The molecule has 0 aromatic heterocycles. The molecule has 3 aromatic carbocycles. The third-order valence-corrected chi connectivity index (χ3v) is 8.99. The van der Waals surface area contributed by atoms with Crippen molar-refractivity contribution in [1.29, 1.82) is 0 Å². The molecule has 0 amide bonds. The third-order valence-electron chi connectivity index (χ3n) is 7.55. The van der Waals surface area contributed by atoms with Gasteiger partial charge in [-0.25, -0.2) is 4.79 Å². The lowest BCUT2D eigenvalue weighted by atomic mass is 10.1. The summed E-state index contributed by atoms with van der Waals surface area (Å²) in [5, 5.41) is -0.0474. The van der Waals surface area contributed by atoms with E-state index >= 15 is 0 Å². The lowest BCUT2D eigenvalue weighted by Crippen LogP contribution is -2.47. The summed E-state index contributed by atoms with van der Waals surface area (Å²) >= 11 is 7.36. The molecule has 14 heteroatoms. The Kier molecular flexibility index (Phi) is 10.4. The Balaban J connectivity index is 1.04. The van der Waals surface area contributed by atoms with Gasteiger partial charge in [0.25, 0.3) is 0 Å². The monoisotopic (exact) mass is 673 g/mol. The van der Waals surface area contributed by atoms with E-state index in [2.05, 4.69) is 9.80 Å². The second-order valence-corrected chi connectivity index (χ2v) is 12.1. The van der Waals surface area contributed by atoms with Gasteiger partial charge in [-0.1, -0.05) is 35.5 Å². The van der Waals surface area contributed by atoms with Gasteiger partial charge < -0.3 is 19.3 Å². The minimum absolute atomic E-state index is 0.0474. The minimum atomic E-state index is -4.57. The van der Waals surface area contributed by atoms with Gasteiger partial charge in [0, 0.05) is 49.1 Å². The lowest BCUT2D eigenvalue weighted by Gasteiger charge is -2.36. The molecule has 0 spiro atoms. The highest BCUT2D eigenvalue weighted by atomic mass is 35.5. The van der Waals surface area contributed by atoms with Gasteiger partial charge in [0.1, 0.15) is 12.4 Å². The Bertz CT molecular complexity index is 1500. The van der Waals surface area contributed by atoms with E-state index in [1.807, 2.05) is 29.2 Å². The molecule has 0 aliphatic carbocycles. The number of carbonyl (C=O) groups is 1. The van der Waals surface area contributed by atoms with Crippen LogP contribution in [0, 0.1) is 0 Å². The molecular formula is C31H30ClF6N3O3S. The molecule has 5 rings (SSSR count). The van der Waals surface area contributed by atoms with Crippen LogP contribution >= 0.6 is 23.4 Å². The zero-order valence-corrected chi connectivity index (χ0v) is 25.5. The van der Waals surface area contributed by atoms with Gasteiger partial charge in [0.05, 0.1) is 27.5 Å².